The molecule has 6 nitrogen and oxygen atoms in total. The predicted molar refractivity (Wildman–Crippen MR) is 112 cm³/mol. The lowest BCUT2D eigenvalue weighted by Gasteiger charge is -2.28. The Hall–Kier alpha value is -1.65. The maximum absolute atomic E-state index is 12.1. The Balaban J connectivity index is 1.66. The average Bonchev–Trinajstić information content (AvgIpc) is 3.27. The number of hydrogen-bond donors (Lipinski definition) is 3. The van der Waals surface area contributed by atoms with E-state index in [1.807, 2.05) is 0 Å². The molecule has 0 saturated carbocycles. The second-order valence-electron chi connectivity index (χ2n) is 7.75. The number of aliphatic carboxylic acids is 1. The molecule has 2 heterocycles. The van der Waals surface area contributed by atoms with E-state index in [-0.39, 0.29) is 25.0 Å². The molecule has 7 heteroatoms. The average molecular weight is 409 g/mol. The fourth-order valence-corrected chi connectivity index (χ4v) is 4.48. The second kappa shape index (κ2) is 12.0. The maximum atomic E-state index is 12.1. The van der Waals surface area contributed by atoms with Crippen molar-refractivity contribution in [1.82, 2.24) is 10.6 Å². The van der Waals surface area contributed by atoms with Crippen molar-refractivity contribution < 1.29 is 19.4 Å². The van der Waals surface area contributed by atoms with Crippen molar-refractivity contribution in [3.8, 4) is 12.3 Å². The minimum Gasteiger partial charge on any atom is -0.481 e. The summed E-state index contributed by atoms with van der Waals surface area (Å²) in [5.41, 5.74) is 0. The van der Waals surface area contributed by atoms with Crippen molar-refractivity contribution in [3.63, 3.8) is 0 Å². The standard InChI is InChI=1S/C21H32N2O4S/c1-2-3-9-20(28)23-14-19(24)22-13-16-15(17-11-12-18(16)27-17)8-6-4-5-7-10-21(25)26/h1,15-18H,3-14H2,(H,22,24)(H,23,28)(H,25,26). The summed E-state index contributed by atoms with van der Waals surface area (Å²) in [7, 11) is 0. The highest BCUT2D eigenvalue weighted by atomic mass is 32.1. The summed E-state index contributed by atoms with van der Waals surface area (Å²) < 4.78 is 6.10. The minimum atomic E-state index is -0.719. The first-order valence-electron chi connectivity index (χ1n) is 10.4. The van der Waals surface area contributed by atoms with Gasteiger partial charge in [0.2, 0.25) is 5.91 Å². The Morgan fingerprint density at radius 3 is 2.50 bits per heavy atom. The van der Waals surface area contributed by atoms with Gasteiger partial charge in [-0.15, -0.1) is 12.3 Å². The number of carboxylic acids is 1. The molecule has 2 rings (SSSR count). The molecule has 0 aliphatic carbocycles. The Labute approximate surface area is 173 Å². The van der Waals surface area contributed by atoms with Crippen molar-refractivity contribution in [2.24, 2.45) is 11.8 Å². The van der Waals surface area contributed by atoms with Gasteiger partial charge in [-0.25, -0.2) is 0 Å². The van der Waals surface area contributed by atoms with Gasteiger partial charge in [0.15, 0.2) is 0 Å². The van der Waals surface area contributed by atoms with Crippen LogP contribution in [0.4, 0.5) is 0 Å². The third-order valence-corrected chi connectivity index (χ3v) is 6.09. The maximum Gasteiger partial charge on any atom is 0.303 e. The first-order valence-corrected chi connectivity index (χ1v) is 10.8. The lowest BCUT2D eigenvalue weighted by Crippen LogP contribution is -2.42. The summed E-state index contributed by atoms with van der Waals surface area (Å²) >= 11 is 5.14. The predicted octanol–water partition coefficient (Wildman–Crippen LogP) is 2.65. The van der Waals surface area contributed by atoms with E-state index in [2.05, 4.69) is 16.6 Å². The van der Waals surface area contributed by atoms with Crippen LogP contribution in [0.25, 0.3) is 0 Å². The minimum absolute atomic E-state index is 0.0572. The van der Waals surface area contributed by atoms with E-state index < -0.39 is 5.97 Å². The Kier molecular flexibility index (Phi) is 9.72. The molecule has 0 radical (unpaired) electrons. The molecular formula is C21H32N2O4S. The van der Waals surface area contributed by atoms with Crippen LogP contribution in [-0.2, 0) is 14.3 Å². The summed E-state index contributed by atoms with van der Waals surface area (Å²) in [4.78, 5) is 23.3. The molecule has 0 aromatic rings. The van der Waals surface area contributed by atoms with Crippen LogP contribution in [0.2, 0.25) is 0 Å². The molecule has 2 fully saturated rings. The SMILES string of the molecule is C#CCCC(=S)NCC(=O)NCC1C2CCC(O2)C1CCCCCCC(=O)O. The van der Waals surface area contributed by atoms with Crippen LogP contribution in [0.1, 0.15) is 64.2 Å². The number of carboxylic acid groups (broad SMARTS) is 1. The van der Waals surface area contributed by atoms with E-state index in [4.69, 9.17) is 28.5 Å². The number of hydrogen-bond acceptors (Lipinski definition) is 4. The monoisotopic (exact) mass is 408 g/mol. The first kappa shape index (κ1) is 22.6. The van der Waals surface area contributed by atoms with Crippen LogP contribution in [0.3, 0.4) is 0 Å². The van der Waals surface area contributed by atoms with E-state index in [9.17, 15) is 9.59 Å². The molecule has 0 aromatic heterocycles. The summed E-state index contributed by atoms with van der Waals surface area (Å²) in [6, 6.07) is 0. The van der Waals surface area contributed by atoms with Crippen molar-refractivity contribution in [2.45, 2.75) is 76.4 Å². The highest BCUT2D eigenvalue weighted by Crippen LogP contribution is 2.45. The van der Waals surface area contributed by atoms with Gasteiger partial charge in [-0.3, -0.25) is 9.59 Å². The first-order chi connectivity index (χ1) is 13.5. The van der Waals surface area contributed by atoms with Gasteiger partial charge in [-0.05, 0) is 31.6 Å². The molecule has 3 N–H and O–H groups in total. The Morgan fingerprint density at radius 1 is 1.07 bits per heavy atom. The molecule has 0 aromatic carbocycles. The van der Waals surface area contributed by atoms with E-state index >= 15 is 0 Å². The Bertz CT molecular complexity index is 589. The molecule has 156 valence electrons. The highest BCUT2D eigenvalue weighted by molar-refractivity contribution is 7.80. The van der Waals surface area contributed by atoms with Gasteiger partial charge >= 0.3 is 5.97 Å². The van der Waals surface area contributed by atoms with Crippen LogP contribution < -0.4 is 10.6 Å². The van der Waals surface area contributed by atoms with Gasteiger partial charge in [0.25, 0.3) is 0 Å². The van der Waals surface area contributed by atoms with Gasteiger partial charge in [0.05, 0.1) is 23.7 Å². The van der Waals surface area contributed by atoms with Crippen molar-refractivity contribution >= 4 is 29.1 Å². The van der Waals surface area contributed by atoms with Crippen molar-refractivity contribution in [3.05, 3.63) is 0 Å². The van der Waals surface area contributed by atoms with Gasteiger partial charge in [-0.2, -0.15) is 0 Å². The molecule has 1 amide bonds. The smallest absolute Gasteiger partial charge is 0.303 e. The fourth-order valence-electron chi connectivity index (χ4n) is 4.31. The second-order valence-corrected chi connectivity index (χ2v) is 8.24. The van der Waals surface area contributed by atoms with Crippen molar-refractivity contribution in [2.75, 3.05) is 13.1 Å². The molecule has 28 heavy (non-hydrogen) atoms. The van der Waals surface area contributed by atoms with Crippen LogP contribution in [0, 0.1) is 24.2 Å². The fraction of sp³-hybridized carbons (Fsp3) is 0.762. The summed E-state index contributed by atoms with van der Waals surface area (Å²) in [6.07, 6.45) is 14.4. The van der Waals surface area contributed by atoms with Crippen LogP contribution >= 0.6 is 12.2 Å². The molecule has 2 aliphatic rings. The van der Waals surface area contributed by atoms with Crippen LogP contribution in [0.15, 0.2) is 0 Å². The topological polar surface area (TPSA) is 87.7 Å². The van der Waals surface area contributed by atoms with E-state index in [0.29, 0.717) is 42.3 Å². The van der Waals surface area contributed by atoms with Crippen molar-refractivity contribution in [1.29, 1.82) is 0 Å². The molecule has 2 bridgehead atoms. The quantitative estimate of drug-likeness (QED) is 0.247. The number of ether oxygens (including phenoxy) is 1. The third kappa shape index (κ3) is 7.40. The lowest BCUT2D eigenvalue weighted by molar-refractivity contribution is -0.137. The van der Waals surface area contributed by atoms with E-state index in [0.717, 1.165) is 44.9 Å². The summed E-state index contributed by atoms with van der Waals surface area (Å²) in [5.74, 6) is 2.62. The zero-order valence-electron chi connectivity index (χ0n) is 16.5. The number of terminal acetylenes is 1. The normalized spacial score (nSPS) is 25.2. The number of nitrogens with one attached hydrogen (secondary N) is 2. The summed E-state index contributed by atoms with van der Waals surface area (Å²) in [6.45, 7) is 0.821. The molecule has 4 unspecified atom stereocenters. The van der Waals surface area contributed by atoms with Gasteiger partial charge < -0.3 is 20.5 Å². The van der Waals surface area contributed by atoms with Gasteiger partial charge in [0, 0.05) is 31.7 Å². The van der Waals surface area contributed by atoms with Crippen LogP contribution in [0.5, 0.6) is 0 Å². The van der Waals surface area contributed by atoms with Gasteiger partial charge in [0.1, 0.15) is 0 Å². The number of fused-ring (bicyclic) bond motifs is 2. The number of amides is 1. The number of unbranched alkanes of at least 4 members (excludes halogenated alkanes) is 3. The van der Waals surface area contributed by atoms with Gasteiger partial charge in [-0.1, -0.05) is 31.5 Å². The zero-order valence-corrected chi connectivity index (χ0v) is 17.3. The summed E-state index contributed by atoms with van der Waals surface area (Å²) in [5, 5.41) is 14.7. The number of thiocarbonyl (C=S) groups is 1. The number of carbonyl (C=O) groups excluding carboxylic acids is 1. The molecule has 2 aliphatic heterocycles. The third-order valence-electron chi connectivity index (χ3n) is 5.75. The zero-order chi connectivity index (χ0) is 20.4. The van der Waals surface area contributed by atoms with E-state index in [1.54, 1.807) is 0 Å². The molecule has 0 spiro atoms. The lowest BCUT2D eigenvalue weighted by atomic mass is 9.76. The largest absolute Gasteiger partial charge is 0.481 e. The highest BCUT2D eigenvalue weighted by Gasteiger charge is 2.48. The number of rotatable bonds is 13. The molecule has 2 saturated heterocycles. The number of carbonyl (C=O) groups is 2. The van der Waals surface area contributed by atoms with E-state index in [1.165, 1.54) is 0 Å². The molecule has 4 atom stereocenters. The van der Waals surface area contributed by atoms with Crippen LogP contribution in [-0.4, -0.2) is 47.3 Å². The molecular weight excluding hydrogens is 376 g/mol. The Morgan fingerprint density at radius 2 is 1.79 bits per heavy atom.